The van der Waals surface area contributed by atoms with Crippen molar-refractivity contribution in [1.29, 1.82) is 10.5 Å². The molecule has 0 amide bonds. The van der Waals surface area contributed by atoms with Gasteiger partial charge in [-0.3, -0.25) is 0 Å². The van der Waals surface area contributed by atoms with Crippen LogP contribution in [0, 0.1) is 34.5 Å². The van der Waals surface area contributed by atoms with Crippen LogP contribution in [0.5, 0.6) is 0 Å². The molecular weight excluding hydrogens is 390 g/mol. The largest absolute Gasteiger partial charge is 0.379 e. The molecule has 0 aromatic carbocycles. The predicted octanol–water partition coefficient (Wildman–Crippen LogP) is 1.36. The van der Waals surface area contributed by atoms with E-state index in [-0.39, 0.29) is 37.0 Å². The molecule has 0 heterocycles. The van der Waals surface area contributed by atoms with E-state index in [1.165, 1.54) is 0 Å². The number of nitriles is 2. The van der Waals surface area contributed by atoms with Crippen molar-refractivity contribution in [2.75, 3.05) is 24.7 Å². The lowest BCUT2D eigenvalue weighted by atomic mass is 9.81. The SMILES string of the molecule is CC(C)OCCCNS(=O)(=O)CCCS(=O)(=O)C1CCC(C#N)C(C#N)C1. The van der Waals surface area contributed by atoms with E-state index >= 15 is 0 Å². The summed E-state index contributed by atoms with van der Waals surface area (Å²) in [4.78, 5) is 0. The smallest absolute Gasteiger partial charge is 0.211 e. The quantitative estimate of drug-likeness (QED) is 0.499. The molecule has 3 unspecified atom stereocenters. The lowest BCUT2D eigenvalue weighted by Gasteiger charge is -2.28. The Morgan fingerprint density at radius 1 is 1.04 bits per heavy atom. The fourth-order valence-corrected chi connectivity index (χ4v) is 6.25. The molecule has 1 saturated carbocycles. The third kappa shape index (κ3) is 8.56. The van der Waals surface area contributed by atoms with Crippen LogP contribution in [0.2, 0.25) is 0 Å². The minimum absolute atomic E-state index is 0.00948. The van der Waals surface area contributed by atoms with Gasteiger partial charge in [-0.1, -0.05) is 0 Å². The molecule has 0 saturated heterocycles. The lowest BCUT2D eigenvalue weighted by Crippen LogP contribution is -2.34. The van der Waals surface area contributed by atoms with Crippen LogP contribution in [0.15, 0.2) is 0 Å². The van der Waals surface area contributed by atoms with Crippen molar-refractivity contribution in [3.63, 3.8) is 0 Å². The average Bonchev–Trinajstić information content (AvgIpc) is 2.60. The first kappa shape index (κ1) is 23.8. The third-order valence-corrected chi connectivity index (χ3v) is 8.35. The molecule has 1 aliphatic rings. The maximum absolute atomic E-state index is 12.5. The Morgan fingerprint density at radius 2 is 1.70 bits per heavy atom. The molecule has 0 radical (unpaired) electrons. The van der Waals surface area contributed by atoms with E-state index in [0.717, 1.165) is 0 Å². The van der Waals surface area contributed by atoms with E-state index < -0.39 is 36.9 Å². The van der Waals surface area contributed by atoms with E-state index in [4.69, 9.17) is 15.3 Å². The van der Waals surface area contributed by atoms with E-state index in [1.54, 1.807) is 0 Å². The van der Waals surface area contributed by atoms with Gasteiger partial charge in [-0.25, -0.2) is 21.6 Å². The summed E-state index contributed by atoms with van der Waals surface area (Å²) in [5, 5.41) is 17.5. The van der Waals surface area contributed by atoms with Crippen LogP contribution in [0.1, 0.15) is 46.0 Å². The fourth-order valence-electron chi connectivity index (χ4n) is 3.06. The second kappa shape index (κ2) is 11.0. The van der Waals surface area contributed by atoms with Gasteiger partial charge in [0.2, 0.25) is 10.0 Å². The van der Waals surface area contributed by atoms with E-state index in [9.17, 15) is 16.8 Å². The molecule has 0 aliphatic heterocycles. The van der Waals surface area contributed by atoms with Crippen molar-refractivity contribution in [3.8, 4) is 12.1 Å². The van der Waals surface area contributed by atoms with E-state index in [0.29, 0.717) is 25.9 Å². The molecule has 1 fully saturated rings. The third-order valence-electron chi connectivity index (χ3n) is 4.58. The minimum Gasteiger partial charge on any atom is -0.379 e. The molecule has 8 nitrogen and oxygen atoms in total. The van der Waals surface area contributed by atoms with Crippen molar-refractivity contribution < 1.29 is 21.6 Å². The highest BCUT2D eigenvalue weighted by Gasteiger charge is 2.37. The molecule has 0 spiro atoms. The number of nitrogens with one attached hydrogen (secondary N) is 1. The van der Waals surface area contributed by atoms with Gasteiger partial charge in [0.05, 0.1) is 46.8 Å². The monoisotopic (exact) mass is 419 g/mol. The van der Waals surface area contributed by atoms with Crippen molar-refractivity contribution in [2.24, 2.45) is 11.8 Å². The van der Waals surface area contributed by atoms with Gasteiger partial charge in [-0.05, 0) is 46.0 Å². The fraction of sp³-hybridized carbons (Fsp3) is 0.882. The molecule has 1 aliphatic carbocycles. The minimum atomic E-state index is -3.53. The van der Waals surface area contributed by atoms with Crippen LogP contribution in [0.25, 0.3) is 0 Å². The Labute approximate surface area is 162 Å². The molecule has 0 bridgehead atoms. The number of rotatable bonds is 11. The summed E-state index contributed by atoms with van der Waals surface area (Å²) in [6.45, 7) is 4.51. The highest BCUT2D eigenvalue weighted by molar-refractivity contribution is 7.92. The number of hydrogen-bond acceptors (Lipinski definition) is 7. The van der Waals surface area contributed by atoms with Gasteiger partial charge < -0.3 is 4.74 Å². The van der Waals surface area contributed by atoms with Crippen LogP contribution in [-0.2, 0) is 24.6 Å². The van der Waals surface area contributed by atoms with Crippen LogP contribution in [0.4, 0.5) is 0 Å². The van der Waals surface area contributed by atoms with Crippen molar-refractivity contribution in [2.45, 2.75) is 57.3 Å². The highest BCUT2D eigenvalue weighted by Crippen LogP contribution is 2.33. The molecule has 0 aromatic heterocycles. The maximum Gasteiger partial charge on any atom is 0.211 e. The van der Waals surface area contributed by atoms with Crippen molar-refractivity contribution >= 4 is 19.9 Å². The summed E-state index contributed by atoms with van der Waals surface area (Å²) < 4.78 is 56.6. The number of sulfonamides is 1. The Hall–Kier alpha value is -1.20. The predicted molar refractivity (Wildman–Crippen MR) is 102 cm³/mol. The average molecular weight is 420 g/mol. The number of nitrogens with zero attached hydrogens (tertiary/aromatic N) is 2. The molecule has 0 aromatic rings. The summed E-state index contributed by atoms with van der Waals surface area (Å²) in [6.07, 6.45) is 1.54. The van der Waals surface area contributed by atoms with Crippen LogP contribution >= 0.6 is 0 Å². The zero-order chi connectivity index (χ0) is 20.5. The Morgan fingerprint density at radius 3 is 2.30 bits per heavy atom. The normalized spacial score (nSPS) is 23.7. The Bertz CT molecular complexity index is 750. The van der Waals surface area contributed by atoms with Gasteiger partial charge in [0.1, 0.15) is 0 Å². The number of hydrogen-bond donors (Lipinski definition) is 1. The lowest BCUT2D eigenvalue weighted by molar-refractivity contribution is 0.0778. The summed E-state index contributed by atoms with van der Waals surface area (Å²) in [6, 6.07) is 4.09. The van der Waals surface area contributed by atoms with Crippen LogP contribution in [-0.4, -0.2) is 52.8 Å². The van der Waals surface area contributed by atoms with E-state index in [1.807, 2.05) is 19.9 Å². The van der Waals surface area contributed by atoms with E-state index in [2.05, 4.69) is 10.8 Å². The van der Waals surface area contributed by atoms with Gasteiger partial charge in [0.15, 0.2) is 9.84 Å². The zero-order valence-electron chi connectivity index (χ0n) is 15.9. The molecule has 3 atom stereocenters. The van der Waals surface area contributed by atoms with Gasteiger partial charge >= 0.3 is 0 Å². The zero-order valence-corrected chi connectivity index (χ0v) is 17.6. The Balaban J connectivity index is 2.41. The number of sulfone groups is 1. The second-order valence-electron chi connectivity index (χ2n) is 7.11. The van der Waals surface area contributed by atoms with Crippen molar-refractivity contribution in [1.82, 2.24) is 4.72 Å². The molecule has 1 rings (SSSR count). The molecule has 154 valence electrons. The summed E-state index contributed by atoms with van der Waals surface area (Å²) in [7, 11) is -7.02. The Kier molecular flexibility index (Phi) is 9.68. The topological polar surface area (TPSA) is 137 Å². The molecule has 1 N–H and O–H groups in total. The van der Waals surface area contributed by atoms with Crippen molar-refractivity contribution in [3.05, 3.63) is 0 Å². The molecule has 27 heavy (non-hydrogen) atoms. The van der Waals surface area contributed by atoms with Gasteiger partial charge in [-0.2, -0.15) is 10.5 Å². The standard InChI is InChI=1S/C17H29N3O5S2/c1-14(2)25-8-3-7-20-27(23,24)10-4-9-26(21,22)17-6-5-15(12-18)16(11-17)13-19/h14-17,20H,3-11H2,1-2H3. The summed E-state index contributed by atoms with van der Waals surface area (Å²) in [5.41, 5.74) is 0. The van der Waals surface area contributed by atoms with Crippen LogP contribution in [0.3, 0.4) is 0 Å². The maximum atomic E-state index is 12.5. The molecule has 10 heteroatoms. The van der Waals surface area contributed by atoms with Crippen LogP contribution < -0.4 is 4.72 Å². The second-order valence-corrected chi connectivity index (χ2v) is 11.4. The summed E-state index contributed by atoms with van der Waals surface area (Å²) in [5.74, 6) is -1.50. The first-order valence-electron chi connectivity index (χ1n) is 9.21. The first-order chi connectivity index (χ1) is 12.6. The van der Waals surface area contributed by atoms with Gasteiger partial charge in [-0.15, -0.1) is 0 Å². The van der Waals surface area contributed by atoms with Gasteiger partial charge in [0.25, 0.3) is 0 Å². The first-order valence-corrected chi connectivity index (χ1v) is 12.6. The molecular formula is C17H29N3O5S2. The summed E-state index contributed by atoms with van der Waals surface area (Å²) >= 11 is 0. The van der Waals surface area contributed by atoms with Gasteiger partial charge in [0, 0.05) is 13.2 Å². The number of ether oxygens (including phenoxy) is 1. The highest BCUT2D eigenvalue weighted by atomic mass is 32.2.